The van der Waals surface area contributed by atoms with E-state index >= 15 is 0 Å². The minimum Gasteiger partial charge on any atom is -0.206 e. The monoisotopic (exact) mass is 160 g/mol. The fraction of sp³-hybridized carbons (Fsp3) is 0.800. The zero-order chi connectivity index (χ0) is 7.61. The third-order valence-corrected chi connectivity index (χ3v) is 3.20. The average molecular weight is 160 g/mol. The second-order valence-corrected chi connectivity index (χ2v) is 4.21. The van der Waals surface area contributed by atoms with Crippen LogP contribution in [-0.4, -0.2) is 25.0 Å². The lowest BCUT2D eigenvalue weighted by Crippen LogP contribution is -2.33. The number of hydrogen-bond acceptors (Lipinski definition) is 3. The van der Waals surface area contributed by atoms with Gasteiger partial charge in [-0.05, 0) is 12.8 Å². The van der Waals surface area contributed by atoms with Crippen LogP contribution in [-0.2, 0) is 10.0 Å². The van der Waals surface area contributed by atoms with E-state index < -0.39 is 10.0 Å². The molecule has 0 spiro atoms. The first-order chi connectivity index (χ1) is 4.67. The molecule has 0 saturated carbocycles. The topological polar surface area (TPSA) is 61.2 Å². The summed E-state index contributed by atoms with van der Waals surface area (Å²) in [4.78, 5) is 0. The standard InChI is InChI=1S/C5H8N2O2S/c6-5-7-3-1-2-4-10(7,8)9/h1-4H2. The lowest BCUT2D eigenvalue weighted by Gasteiger charge is -2.19. The normalized spacial score (nSPS) is 23.7. The van der Waals surface area contributed by atoms with Crippen molar-refractivity contribution in [2.45, 2.75) is 12.8 Å². The maximum Gasteiger partial charge on any atom is 0.243 e. The SMILES string of the molecule is N#CN1CCCCS1(=O)=O. The molecular formula is C5H8N2O2S. The Balaban J connectivity index is 2.82. The van der Waals surface area contributed by atoms with Crippen LogP contribution in [0.25, 0.3) is 0 Å². The second kappa shape index (κ2) is 2.46. The van der Waals surface area contributed by atoms with E-state index in [1.807, 2.05) is 0 Å². The van der Waals surface area contributed by atoms with E-state index in [-0.39, 0.29) is 5.75 Å². The van der Waals surface area contributed by atoms with E-state index in [4.69, 9.17) is 5.26 Å². The Labute approximate surface area is 60.1 Å². The fourth-order valence-electron chi connectivity index (χ4n) is 0.901. The molecule has 0 N–H and O–H groups in total. The van der Waals surface area contributed by atoms with Crippen molar-refractivity contribution >= 4 is 10.0 Å². The summed E-state index contributed by atoms with van der Waals surface area (Å²) in [5, 5.41) is 8.32. The molecule has 1 rings (SSSR count). The van der Waals surface area contributed by atoms with Crippen LogP contribution in [0.5, 0.6) is 0 Å². The molecule has 10 heavy (non-hydrogen) atoms. The van der Waals surface area contributed by atoms with Crippen LogP contribution in [0.4, 0.5) is 0 Å². The highest BCUT2D eigenvalue weighted by molar-refractivity contribution is 7.89. The molecule has 0 radical (unpaired) electrons. The van der Waals surface area contributed by atoms with Gasteiger partial charge in [0.2, 0.25) is 10.0 Å². The predicted octanol–water partition coefficient (Wildman–Crippen LogP) is -0.107. The minimum atomic E-state index is -3.20. The van der Waals surface area contributed by atoms with Gasteiger partial charge < -0.3 is 0 Å². The summed E-state index contributed by atoms with van der Waals surface area (Å²) in [5.74, 6) is 0.126. The van der Waals surface area contributed by atoms with Crippen molar-refractivity contribution in [3.8, 4) is 6.19 Å². The van der Waals surface area contributed by atoms with E-state index in [9.17, 15) is 8.42 Å². The lowest BCUT2D eigenvalue weighted by atomic mass is 10.3. The quantitative estimate of drug-likeness (QED) is 0.465. The van der Waals surface area contributed by atoms with Crippen LogP contribution in [0.3, 0.4) is 0 Å². The Kier molecular flexibility index (Phi) is 1.81. The summed E-state index contributed by atoms with van der Waals surface area (Å²) in [5.41, 5.74) is 0. The third kappa shape index (κ3) is 1.21. The number of sulfonamides is 1. The molecule has 1 saturated heterocycles. The van der Waals surface area contributed by atoms with Gasteiger partial charge >= 0.3 is 0 Å². The Hall–Kier alpha value is -0.760. The van der Waals surface area contributed by atoms with Crippen molar-refractivity contribution in [2.75, 3.05) is 12.3 Å². The number of hydrogen-bond donors (Lipinski definition) is 0. The average Bonchev–Trinajstić information content (AvgIpc) is 1.87. The minimum absolute atomic E-state index is 0.126. The smallest absolute Gasteiger partial charge is 0.206 e. The highest BCUT2D eigenvalue weighted by Crippen LogP contribution is 2.11. The third-order valence-electron chi connectivity index (χ3n) is 1.46. The second-order valence-electron chi connectivity index (χ2n) is 2.20. The predicted molar refractivity (Wildman–Crippen MR) is 35.3 cm³/mol. The van der Waals surface area contributed by atoms with Gasteiger partial charge in [-0.3, -0.25) is 0 Å². The van der Waals surface area contributed by atoms with Crippen LogP contribution < -0.4 is 0 Å². The van der Waals surface area contributed by atoms with Crippen molar-refractivity contribution in [3.05, 3.63) is 0 Å². The molecule has 0 amide bonds. The molecule has 0 aromatic carbocycles. The van der Waals surface area contributed by atoms with Gasteiger partial charge in [-0.15, -0.1) is 0 Å². The summed E-state index contributed by atoms with van der Waals surface area (Å²) in [6.45, 7) is 0.360. The van der Waals surface area contributed by atoms with Crippen molar-refractivity contribution in [1.82, 2.24) is 4.31 Å². The highest BCUT2D eigenvalue weighted by Gasteiger charge is 2.23. The highest BCUT2D eigenvalue weighted by atomic mass is 32.2. The number of rotatable bonds is 0. The molecular weight excluding hydrogens is 152 g/mol. The molecule has 56 valence electrons. The molecule has 0 aromatic heterocycles. The maximum absolute atomic E-state index is 10.9. The van der Waals surface area contributed by atoms with E-state index in [2.05, 4.69) is 0 Å². The van der Waals surface area contributed by atoms with Crippen LogP contribution in [0.15, 0.2) is 0 Å². The van der Waals surface area contributed by atoms with Gasteiger partial charge in [0.05, 0.1) is 5.75 Å². The van der Waals surface area contributed by atoms with E-state index in [1.165, 1.54) is 0 Å². The van der Waals surface area contributed by atoms with Gasteiger partial charge in [0, 0.05) is 6.54 Å². The Morgan fingerprint density at radius 2 is 2.10 bits per heavy atom. The molecule has 1 aliphatic heterocycles. The zero-order valence-electron chi connectivity index (χ0n) is 5.45. The van der Waals surface area contributed by atoms with Gasteiger partial charge in [-0.2, -0.15) is 5.26 Å². The van der Waals surface area contributed by atoms with Crippen LogP contribution in [0, 0.1) is 11.5 Å². The Morgan fingerprint density at radius 3 is 2.50 bits per heavy atom. The molecule has 4 nitrogen and oxygen atoms in total. The van der Waals surface area contributed by atoms with Crippen molar-refractivity contribution in [1.29, 1.82) is 5.26 Å². The van der Waals surface area contributed by atoms with Crippen LogP contribution in [0.2, 0.25) is 0 Å². The van der Waals surface area contributed by atoms with Crippen molar-refractivity contribution in [2.24, 2.45) is 0 Å². The molecule has 1 heterocycles. The van der Waals surface area contributed by atoms with Crippen molar-refractivity contribution < 1.29 is 8.42 Å². The maximum atomic E-state index is 10.9. The lowest BCUT2D eigenvalue weighted by molar-refractivity contribution is 0.470. The summed E-state index contributed by atoms with van der Waals surface area (Å²) in [7, 11) is -3.20. The molecule has 1 aliphatic rings. The Bertz CT molecular complexity index is 251. The van der Waals surface area contributed by atoms with Gasteiger partial charge in [-0.25, -0.2) is 12.7 Å². The largest absolute Gasteiger partial charge is 0.243 e. The molecule has 1 fully saturated rings. The first-order valence-electron chi connectivity index (χ1n) is 3.07. The fourth-order valence-corrected chi connectivity index (χ4v) is 2.22. The van der Waals surface area contributed by atoms with Gasteiger partial charge in [-0.1, -0.05) is 0 Å². The van der Waals surface area contributed by atoms with Crippen LogP contribution in [0.1, 0.15) is 12.8 Å². The zero-order valence-corrected chi connectivity index (χ0v) is 6.26. The van der Waals surface area contributed by atoms with E-state index in [1.54, 1.807) is 6.19 Å². The van der Waals surface area contributed by atoms with E-state index in [0.29, 0.717) is 13.0 Å². The molecule has 0 aromatic rings. The molecule has 5 heteroatoms. The number of nitriles is 1. The Morgan fingerprint density at radius 1 is 1.40 bits per heavy atom. The van der Waals surface area contributed by atoms with E-state index in [0.717, 1.165) is 10.7 Å². The molecule has 0 aliphatic carbocycles. The van der Waals surface area contributed by atoms with Crippen LogP contribution >= 0.6 is 0 Å². The summed E-state index contributed by atoms with van der Waals surface area (Å²) >= 11 is 0. The summed E-state index contributed by atoms with van der Waals surface area (Å²) in [6.07, 6.45) is 3.12. The van der Waals surface area contributed by atoms with Gasteiger partial charge in [0.1, 0.15) is 0 Å². The summed E-state index contributed by atoms with van der Waals surface area (Å²) in [6, 6.07) is 0. The van der Waals surface area contributed by atoms with Gasteiger partial charge in [0.15, 0.2) is 6.19 Å². The molecule has 0 bridgehead atoms. The first kappa shape index (κ1) is 7.35. The first-order valence-corrected chi connectivity index (χ1v) is 4.68. The van der Waals surface area contributed by atoms with Crippen molar-refractivity contribution in [3.63, 3.8) is 0 Å². The summed E-state index contributed by atoms with van der Waals surface area (Å²) < 4.78 is 22.7. The van der Waals surface area contributed by atoms with Gasteiger partial charge in [0.25, 0.3) is 0 Å². The molecule has 0 unspecified atom stereocenters. The number of nitrogens with zero attached hydrogens (tertiary/aromatic N) is 2. The molecule has 0 atom stereocenters.